The molecule has 1 aliphatic rings. The largest absolute Gasteiger partial charge is 0.396 e. The molecule has 150 valence electrons. The highest BCUT2D eigenvalue weighted by molar-refractivity contribution is 8.04. The molecule has 1 aliphatic heterocycles. The van der Waals surface area contributed by atoms with Crippen LogP contribution in [-0.2, 0) is 20.9 Å². The highest BCUT2D eigenvalue weighted by atomic mass is 32.2. The monoisotopic (exact) mass is 414 g/mol. The summed E-state index contributed by atoms with van der Waals surface area (Å²) < 4.78 is 13.1. The van der Waals surface area contributed by atoms with Crippen LogP contribution in [0.4, 0.5) is 10.1 Å². The molecule has 3 amide bonds. The zero-order valence-electron chi connectivity index (χ0n) is 15.6. The molecule has 2 aromatic carbocycles. The summed E-state index contributed by atoms with van der Waals surface area (Å²) in [5.41, 5.74) is 2.00. The van der Waals surface area contributed by atoms with Gasteiger partial charge in [-0.05, 0) is 35.4 Å². The minimum Gasteiger partial charge on any atom is -0.396 e. The quantitative estimate of drug-likeness (QED) is 0.681. The molecular weight excluding hydrogens is 395 g/mol. The van der Waals surface area contributed by atoms with E-state index in [9.17, 15) is 18.8 Å². The van der Waals surface area contributed by atoms with Crippen LogP contribution < -0.4 is 5.32 Å². The van der Waals surface area contributed by atoms with Gasteiger partial charge in [0, 0.05) is 18.4 Å². The highest BCUT2D eigenvalue weighted by Crippen LogP contribution is 2.37. The SMILES string of the molecule is CC(=O)Nc1ccc(C2=C(SCCO)C(=O)N(Cc3ccc(F)cc3)C2=O)cc1. The van der Waals surface area contributed by atoms with Gasteiger partial charge in [0.15, 0.2) is 0 Å². The Kier molecular flexibility index (Phi) is 6.46. The van der Waals surface area contributed by atoms with Crippen molar-refractivity contribution in [3.05, 3.63) is 70.4 Å². The van der Waals surface area contributed by atoms with E-state index in [1.165, 1.54) is 31.2 Å². The van der Waals surface area contributed by atoms with Crippen molar-refractivity contribution in [3.8, 4) is 0 Å². The zero-order chi connectivity index (χ0) is 21.0. The Balaban J connectivity index is 1.91. The number of thioether (sulfide) groups is 1. The molecule has 1 heterocycles. The van der Waals surface area contributed by atoms with Crippen LogP contribution in [-0.4, -0.2) is 40.1 Å². The van der Waals surface area contributed by atoms with Crippen LogP contribution >= 0.6 is 11.8 Å². The minimum atomic E-state index is -0.452. The number of amides is 3. The van der Waals surface area contributed by atoms with Gasteiger partial charge in [0.1, 0.15) is 5.82 Å². The Bertz CT molecular complexity index is 971. The summed E-state index contributed by atoms with van der Waals surface area (Å²) in [5, 5.41) is 11.8. The van der Waals surface area contributed by atoms with Crippen LogP contribution in [0.15, 0.2) is 53.4 Å². The van der Waals surface area contributed by atoms with Crippen LogP contribution in [0.1, 0.15) is 18.1 Å². The van der Waals surface area contributed by atoms with Crippen molar-refractivity contribution in [1.82, 2.24) is 4.90 Å². The number of aliphatic hydroxyl groups is 1. The number of benzene rings is 2. The number of anilines is 1. The summed E-state index contributed by atoms with van der Waals surface area (Å²) in [7, 11) is 0. The summed E-state index contributed by atoms with van der Waals surface area (Å²) in [6, 6.07) is 12.2. The van der Waals surface area contributed by atoms with E-state index >= 15 is 0 Å². The first-order chi connectivity index (χ1) is 13.9. The molecule has 8 heteroatoms. The lowest BCUT2D eigenvalue weighted by molar-refractivity contribution is -0.137. The number of aliphatic hydroxyl groups excluding tert-OH is 1. The van der Waals surface area contributed by atoms with E-state index in [0.29, 0.717) is 16.8 Å². The number of hydrogen-bond donors (Lipinski definition) is 2. The first-order valence-electron chi connectivity index (χ1n) is 8.87. The third kappa shape index (κ3) is 4.72. The number of rotatable bonds is 7. The molecule has 0 radical (unpaired) electrons. The van der Waals surface area contributed by atoms with Gasteiger partial charge in [-0.1, -0.05) is 24.3 Å². The molecule has 29 heavy (non-hydrogen) atoms. The molecule has 2 N–H and O–H groups in total. The van der Waals surface area contributed by atoms with Crippen molar-refractivity contribution < 1.29 is 23.9 Å². The molecule has 6 nitrogen and oxygen atoms in total. The topological polar surface area (TPSA) is 86.7 Å². The smallest absolute Gasteiger partial charge is 0.268 e. The summed E-state index contributed by atoms with van der Waals surface area (Å²) in [5.74, 6) is -1.24. The number of carbonyl (C=O) groups excluding carboxylic acids is 3. The standard InChI is InChI=1S/C21H19FN2O4S/c1-13(26)23-17-8-4-15(5-9-17)18-19(29-11-10-25)21(28)24(20(18)27)12-14-2-6-16(22)7-3-14/h2-9,25H,10-12H2,1H3,(H,23,26). The van der Waals surface area contributed by atoms with Crippen LogP contribution in [0, 0.1) is 5.82 Å². The van der Waals surface area contributed by atoms with Gasteiger partial charge < -0.3 is 10.4 Å². The normalized spacial score (nSPS) is 14.0. The molecule has 0 saturated carbocycles. The highest BCUT2D eigenvalue weighted by Gasteiger charge is 2.39. The third-order valence-corrected chi connectivity index (χ3v) is 5.27. The molecule has 0 bridgehead atoms. The lowest BCUT2D eigenvalue weighted by atomic mass is 10.1. The van der Waals surface area contributed by atoms with Gasteiger partial charge in [-0.3, -0.25) is 19.3 Å². The predicted octanol–water partition coefficient (Wildman–Crippen LogP) is 2.79. The molecule has 0 saturated heterocycles. The number of imide groups is 1. The van der Waals surface area contributed by atoms with Gasteiger partial charge in [-0.25, -0.2) is 4.39 Å². The van der Waals surface area contributed by atoms with E-state index in [0.717, 1.165) is 16.7 Å². The molecule has 0 unspecified atom stereocenters. The maximum absolute atomic E-state index is 13.1. The first kappa shape index (κ1) is 20.8. The maximum atomic E-state index is 13.1. The van der Waals surface area contributed by atoms with Gasteiger partial charge in [-0.2, -0.15) is 0 Å². The van der Waals surface area contributed by atoms with Crippen LogP contribution in [0.25, 0.3) is 5.57 Å². The molecule has 0 aromatic heterocycles. The van der Waals surface area contributed by atoms with Crippen molar-refractivity contribution in [3.63, 3.8) is 0 Å². The van der Waals surface area contributed by atoms with Crippen molar-refractivity contribution in [2.24, 2.45) is 0 Å². The number of carbonyl (C=O) groups is 3. The average Bonchev–Trinajstić information content (AvgIpc) is 2.92. The Morgan fingerprint density at radius 1 is 1.07 bits per heavy atom. The summed E-state index contributed by atoms with van der Waals surface area (Å²) >= 11 is 1.12. The second kappa shape index (κ2) is 9.02. The Morgan fingerprint density at radius 3 is 2.31 bits per heavy atom. The average molecular weight is 414 g/mol. The van der Waals surface area contributed by atoms with Crippen LogP contribution in [0.2, 0.25) is 0 Å². The number of hydrogen-bond acceptors (Lipinski definition) is 5. The molecule has 0 fully saturated rings. The minimum absolute atomic E-state index is 0.0224. The predicted molar refractivity (Wildman–Crippen MR) is 109 cm³/mol. The van der Waals surface area contributed by atoms with E-state index in [1.807, 2.05) is 0 Å². The van der Waals surface area contributed by atoms with E-state index in [-0.39, 0.29) is 35.3 Å². The fraction of sp³-hybridized carbons (Fsp3) is 0.190. The van der Waals surface area contributed by atoms with Crippen molar-refractivity contribution >= 4 is 40.7 Å². The van der Waals surface area contributed by atoms with Gasteiger partial charge in [-0.15, -0.1) is 11.8 Å². The fourth-order valence-electron chi connectivity index (χ4n) is 2.93. The van der Waals surface area contributed by atoms with E-state index in [2.05, 4.69) is 5.32 Å². The summed E-state index contributed by atoms with van der Waals surface area (Å²) in [4.78, 5) is 38.5. The van der Waals surface area contributed by atoms with Crippen LogP contribution in [0.5, 0.6) is 0 Å². The third-order valence-electron chi connectivity index (χ3n) is 4.21. The Labute approximate surface area is 171 Å². The van der Waals surface area contributed by atoms with E-state index < -0.39 is 17.6 Å². The summed E-state index contributed by atoms with van der Waals surface area (Å²) in [6.07, 6.45) is 0. The lowest BCUT2D eigenvalue weighted by Crippen LogP contribution is -2.31. The van der Waals surface area contributed by atoms with Crippen molar-refractivity contribution in [2.75, 3.05) is 17.7 Å². The number of halogens is 1. The molecule has 3 rings (SSSR count). The van der Waals surface area contributed by atoms with Gasteiger partial charge in [0.05, 0.1) is 23.6 Å². The fourth-order valence-corrected chi connectivity index (χ4v) is 3.81. The number of nitrogens with zero attached hydrogens (tertiary/aromatic N) is 1. The molecule has 0 atom stereocenters. The van der Waals surface area contributed by atoms with E-state index in [1.54, 1.807) is 24.3 Å². The molecular formula is C21H19FN2O4S. The maximum Gasteiger partial charge on any atom is 0.268 e. The second-order valence-electron chi connectivity index (χ2n) is 6.36. The van der Waals surface area contributed by atoms with Crippen molar-refractivity contribution in [2.45, 2.75) is 13.5 Å². The Morgan fingerprint density at radius 2 is 1.72 bits per heavy atom. The molecule has 0 spiro atoms. The summed E-state index contributed by atoms with van der Waals surface area (Å²) in [6.45, 7) is 1.28. The second-order valence-corrected chi connectivity index (χ2v) is 7.46. The van der Waals surface area contributed by atoms with Crippen LogP contribution in [0.3, 0.4) is 0 Å². The van der Waals surface area contributed by atoms with Gasteiger partial charge in [0.25, 0.3) is 11.8 Å². The van der Waals surface area contributed by atoms with Gasteiger partial charge in [0.2, 0.25) is 5.91 Å². The van der Waals surface area contributed by atoms with Crippen molar-refractivity contribution in [1.29, 1.82) is 0 Å². The Hall–Kier alpha value is -2.97. The first-order valence-corrected chi connectivity index (χ1v) is 9.86. The lowest BCUT2D eigenvalue weighted by Gasteiger charge is -2.15. The molecule has 2 aromatic rings. The molecule has 0 aliphatic carbocycles. The zero-order valence-corrected chi connectivity index (χ0v) is 16.5. The number of nitrogens with one attached hydrogen (secondary N) is 1. The van der Waals surface area contributed by atoms with E-state index in [4.69, 9.17) is 5.11 Å². The van der Waals surface area contributed by atoms with Gasteiger partial charge >= 0.3 is 0 Å².